The number of ether oxygens (including phenoxy) is 1. The van der Waals surface area contributed by atoms with E-state index in [9.17, 15) is 19.5 Å². The molecule has 0 radical (unpaired) electrons. The van der Waals surface area contributed by atoms with Gasteiger partial charge in [0.2, 0.25) is 20.2 Å². The molecule has 8 nitrogen and oxygen atoms in total. The minimum Gasteiger partial charge on any atom is -0.394 e. The normalized spacial score (nSPS) is 28.8. The van der Waals surface area contributed by atoms with Gasteiger partial charge >= 0.3 is 0 Å². The number of halogens is 2. The molecule has 4 heterocycles. The zero-order valence-corrected chi connectivity index (χ0v) is 28.2. The van der Waals surface area contributed by atoms with Gasteiger partial charge in [-0.25, -0.2) is 0 Å². The minimum atomic E-state index is -3.43. The zero-order valence-electron chi connectivity index (χ0n) is 25.6. The predicted molar refractivity (Wildman–Crippen MR) is 172 cm³/mol. The van der Waals surface area contributed by atoms with Crippen molar-refractivity contribution in [1.29, 1.82) is 0 Å². The molecule has 0 bridgehead atoms. The molecule has 6 rings (SSSR count). The van der Waals surface area contributed by atoms with Crippen LogP contribution in [0.25, 0.3) is 0 Å². The van der Waals surface area contributed by atoms with E-state index in [1.807, 2.05) is 54.3 Å². The number of amides is 3. The monoisotopic (exact) mass is 685 g/mol. The van der Waals surface area contributed by atoms with E-state index >= 15 is 4.11 Å². The molecule has 0 unspecified atom stereocenters. The Labute approximate surface area is 267 Å². The summed E-state index contributed by atoms with van der Waals surface area (Å²) in [7, 11) is -3.43. The van der Waals surface area contributed by atoms with Crippen LogP contribution >= 0.6 is 15.9 Å². The van der Waals surface area contributed by atoms with E-state index < -0.39 is 31.6 Å². The lowest BCUT2D eigenvalue weighted by Crippen LogP contribution is -2.45. The largest absolute Gasteiger partial charge is 0.394 e. The second-order valence-electron chi connectivity index (χ2n) is 13.3. The minimum absolute atomic E-state index is 0.0316. The van der Waals surface area contributed by atoms with Gasteiger partial charge < -0.3 is 28.7 Å². The molecular weight excluding hydrogens is 645 g/mol. The first kappa shape index (κ1) is 31.4. The summed E-state index contributed by atoms with van der Waals surface area (Å²) >= 11 is 3.58. The number of aliphatic hydroxyl groups is 1. The molecule has 44 heavy (non-hydrogen) atoms. The highest BCUT2D eigenvalue weighted by Crippen LogP contribution is 2.60. The molecule has 3 saturated heterocycles. The van der Waals surface area contributed by atoms with E-state index in [0.717, 1.165) is 41.4 Å². The molecule has 3 amide bonds. The van der Waals surface area contributed by atoms with Crippen molar-refractivity contribution in [2.45, 2.75) is 88.4 Å². The van der Waals surface area contributed by atoms with Gasteiger partial charge in [0.1, 0.15) is 0 Å². The van der Waals surface area contributed by atoms with Crippen LogP contribution < -0.4 is 9.80 Å². The van der Waals surface area contributed by atoms with Crippen molar-refractivity contribution in [2.24, 2.45) is 5.92 Å². The second kappa shape index (κ2) is 12.0. The number of aliphatic hydroxyl groups excluding tert-OH is 1. The van der Waals surface area contributed by atoms with Gasteiger partial charge in [0.05, 0.1) is 37.4 Å². The third-order valence-electron chi connectivity index (χ3n) is 10.1. The lowest BCUT2D eigenvalue weighted by atomic mass is 9.82. The number of anilines is 2. The van der Waals surface area contributed by atoms with Crippen molar-refractivity contribution in [3.05, 3.63) is 58.1 Å². The van der Waals surface area contributed by atoms with Crippen LogP contribution in [0.4, 0.5) is 15.5 Å². The van der Waals surface area contributed by atoms with Crippen LogP contribution in [0, 0.1) is 5.92 Å². The SMILES string of the molecule is C[C@H]1[C@H]([Si](C)(C)F)[C@@H](CC(=O)N2CCC[C@H]2CO)O[C@]12C(=O)N(Cc1cccc(N3CCCCC3=O)c1)c1ccc(Br)cc12. The highest BCUT2D eigenvalue weighted by atomic mass is 79.9. The van der Waals surface area contributed by atoms with Crippen molar-refractivity contribution < 1.29 is 28.3 Å². The molecular formula is C33H41BrFN3O5Si. The number of carbonyl (C=O) groups is 3. The molecule has 4 aliphatic rings. The molecule has 5 atom stereocenters. The van der Waals surface area contributed by atoms with Gasteiger partial charge in [-0.2, -0.15) is 0 Å². The maximum absolute atomic E-state index is 16.2. The summed E-state index contributed by atoms with van der Waals surface area (Å²) in [5.41, 5.74) is 1.05. The Morgan fingerprint density at radius 1 is 1.14 bits per heavy atom. The fraction of sp³-hybridized carbons (Fsp3) is 0.545. The van der Waals surface area contributed by atoms with E-state index in [-0.39, 0.29) is 43.3 Å². The molecule has 1 N–H and O–H groups in total. The molecule has 0 aliphatic carbocycles. The Kier molecular flexibility index (Phi) is 8.53. The van der Waals surface area contributed by atoms with Gasteiger partial charge in [-0.3, -0.25) is 14.4 Å². The fourth-order valence-electron chi connectivity index (χ4n) is 8.10. The molecule has 2 aromatic rings. The molecule has 3 fully saturated rings. The van der Waals surface area contributed by atoms with Crippen molar-refractivity contribution in [1.82, 2.24) is 4.90 Å². The molecule has 4 aliphatic heterocycles. The summed E-state index contributed by atoms with van der Waals surface area (Å²) in [5.74, 6) is -0.830. The number of nitrogens with zero attached hydrogens (tertiary/aromatic N) is 3. The Morgan fingerprint density at radius 3 is 2.66 bits per heavy atom. The Bertz CT molecular complexity index is 1470. The van der Waals surface area contributed by atoms with Crippen molar-refractivity contribution in [2.75, 3.05) is 29.5 Å². The number of carbonyl (C=O) groups excluding carboxylic acids is 3. The molecule has 0 aromatic heterocycles. The smallest absolute Gasteiger partial charge is 0.264 e. The average molecular weight is 687 g/mol. The zero-order chi connectivity index (χ0) is 31.4. The van der Waals surface area contributed by atoms with Gasteiger partial charge in [0, 0.05) is 46.7 Å². The number of benzene rings is 2. The van der Waals surface area contributed by atoms with Crippen molar-refractivity contribution >= 4 is 53.4 Å². The van der Waals surface area contributed by atoms with Gasteiger partial charge in [0.25, 0.3) is 5.91 Å². The van der Waals surface area contributed by atoms with E-state index in [1.165, 1.54) is 0 Å². The highest BCUT2D eigenvalue weighted by Gasteiger charge is 2.67. The second-order valence-corrected chi connectivity index (χ2v) is 18.0. The predicted octanol–water partition coefficient (Wildman–Crippen LogP) is 5.66. The van der Waals surface area contributed by atoms with Crippen LogP contribution in [-0.2, 0) is 31.3 Å². The summed E-state index contributed by atoms with van der Waals surface area (Å²) in [5, 5.41) is 9.81. The maximum atomic E-state index is 16.2. The summed E-state index contributed by atoms with van der Waals surface area (Å²) in [6, 6.07) is 13.2. The molecule has 236 valence electrons. The third kappa shape index (κ3) is 5.33. The first-order chi connectivity index (χ1) is 21.0. The van der Waals surface area contributed by atoms with Crippen LogP contribution in [0.1, 0.15) is 56.6 Å². The first-order valence-electron chi connectivity index (χ1n) is 15.7. The first-order valence-corrected chi connectivity index (χ1v) is 19.5. The molecule has 11 heteroatoms. The van der Waals surface area contributed by atoms with E-state index in [1.54, 1.807) is 22.9 Å². The third-order valence-corrected chi connectivity index (χ3v) is 13.0. The number of piperidine rings is 1. The maximum Gasteiger partial charge on any atom is 0.264 e. The summed E-state index contributed by atoms with van der Waals surface area (Å²) in [6.45, 7) is 6.55. The van der Waals surface area contributed by atoms with Crippen molar-refractivity contribution in [3.8, 4) is 0 Å². The number of rotatable bonds is 7. The Hall–Kier alpha value is -2.60. The van der Waals surface area contributed by atoms with Crippen LogP contribution in [-0.4, -0.2) is 68.0 Å². The van der Waals surface area contributed by atoms with E-state index in [0.29, 0.717) is 30.8 Å². The molecule has 2 aromatic carbocycles. The van der Waals surface area contributed by atoms with Crippen LogP contribution in [0.5, 0.6) is 0 Å². The molecule has 1 spiro atoms. The lowest BCUT2D eigenvalue weighted by molar-refractivity contribution is -0.150. The topological polar surface area (TPSA) is 90.4 Å². The standard InChI is InChI=1S/C33H41BrFN3O5Si/c1-21-31(44(2,3)35)28(18-30(41)37-15-7-10-25(37)20-39)43-33(21)26-17-23(34)12-13-27(26)38(32(33)42)19-22-8-6-9-24(16-22)36-14-5-4-11-29(36)40/h6,8-9,12-13,16-17,21,25,28,31,39H,4-5,7,10-11,14-15,18-20H2,1-3H3/t21-,25-,28+,31-,33+/m0/s1. The Balaban J connectivity index is 1.34. The van der Waals surface area contributed by atoms with Gasteiger partial charge in [-0.1, -0.05) is 35.0 Å². The average Bonchev–Trinajstić information content (AvgIpc) is 3.64. The summed E-state index contributed by atoms with van der Waals surface area (Å²) in [4.78, 5) is 46.1. The number of fused-ring (bicyclic) bond motifs is 2. The van der Waals surface area contributed by atoms with E-state index in [2.05, 4.69) is 15.9 Å². The van der Waals surface area contributed by atoms with Gasteiger partial charge in [-0.15, -0.1) is 0 Å². The molecule has 0 saturated carbocycles. The number of hydrogen-bond acceptors (Lipinski definition) is 5. The van der Waals surface area contributed by atoms with Crippen LogP contribution in [0.15, 0.2) is 46.9 Å². The Morgan fingerprint density at radius 2 is 1.93 bits per heavy atom. The van der Waals surface area contributed by atoms with Crippen molar-refractivity contribution in [3.63, 3.8) is 0 Å². The van der Waals surface area contributed by atoms with Gasteiger partial charge in [0.15, 0.2) is 5.60 Å². The summed E-state index contributed by atoms with van der Waals surface area (Å²) < 4.78 is 23.8. The number of likely N-dealkylation sites (tertiary alicyclic amines) is 1. The summed E-state index contributed by atoms with van der Waals surface area (Å²) in [6.07, 6.45) is 3.14. The van der Waals surface area contributed by atoms with Crippen LogP contribution in [0.3, 0.4) is 0 Å². The van der Waals surface area contributed by atoms with Crippen LogP contribution in [0.2, 0.25) is 18.6 Å². The fourth-order valence-corrected chi connectivity index (χ4v) is 11.0. The van der Waals surface area contributed by atoms with Gasteiger partial charge in [-0.05, 0) is 74.7 Å². The van der Waals surface area contributed by atoms with E-state index in [4.69, 9.17) is 4.74 Å². The lowest BCUT2D eigenvalue weighted by Gasteiger charge is -2.31. The highest BCUT2D eigenvalue weighted by molar-refractivity contribution is 9.10. The number of hydrogen-bond donors (Lipinski definition) is 1. The quantitative estimate of drug-likeness (QED) is 0.300.